The molecule has 3 rings (SSSR count). The van der Waals surface area contributed by atoms with E-state index in [2.05, 4.69) is 20.7 Å². The Morgan fingerprint density at radius 3 is 2.48 bits per heavy atom. The van der Waals surface area contributed by atoms with Gasteiger partial charge in [0.1, 0.15) is 6.54 Å². The Labute approximate surface area is 198 Å². The summed E-state index contributed by atoms with van der Waals surface area (Å²) < 4.78 is 0. The van der Waals surface area contributed by atoms with Gasteiger partial charge in [-0.05, 0) is 41.1 Å². The van der Waals surface area contributed by atoms with Gasteiger partial charge in [-0.3, -0.25) is 9.59 Å². The number of hydrogen-bond acceptors (Lipinski definition) is 7. The number of nitrogens with one attached hydrogen (secondary N) is 1. The van der Waals surface area contributed by atoms with E-state index in [-0.39, 0.29) is 17.6 Å². The maximum atomic E-state index is 12.6. The van der Waals surface area contributed by atoms with E-state index < -0.39 is 6.04 Å². The first-order valence-corrected chi connectivity index (χ1v) is 11.9. The number of benzene rings is 2. The van der Waals surface area contributed by atoms with Crippen molar-refractivity contribution in [2.75, 3.05) is 0 Å². The quantitative estimate of drug-likeness (QED) is 0.440. The van der Waals surface area contributed by atoms with E-state index in [9.17, 15) is 9.59 Å². The minimum absolute atomic E-state index is 0.105. The Morgan fingerprint density at radius 1 is 1.10 bits per heavy atom. The van der Waals surface area contributed by atoms with Crippen molar-refractivity contribution in [1.29, 1.82) is 0 Å². The van der Waals surface area contributed by atoms with E-state index in [0.29, 0.717) is 32.3 Å². The Kier molecular flexibility index (Phi) is 8.77. The molecule has 2 aromatic carbocycles. The van der Waals surface area contributed by atoms with Crippen LogP contribution in [-0.4, -0.2) is 37.3 Å². The van der Waals surface area contributed by atoms with Gasteiger partial charge in [0.05, 0.1) is 21.0 Å². The van der Waals surface area contributed by atoms with Gasteiger partial charge in [-0.1, -0.05) is 78.3 Å². The summed E-state index contributed by atoms with van der Waals surface area (Å²) in [5, 5.41) is 15.8. The van der Waals surface area contributed by atoms with E-state index >= 15 is 0 Å². The average Bonchev–Trinajstić information content (AvgIpc) is 3.20. The molecule has 7 nitrogen and oxygen atoms in total. The van der Waals surface area contributed by atoms with E-state index in [4.69, 9.17) is 23.2 Å². The van der Waals surface area contributed by atoms with Gasteiger partial charge in [0.2, 0.25) is 5.16 Å². The fourth-order valence-corrected chi connectivity index (χ4v) is 4.65. The Morgan fingerprint density at radius 2 is 1.81 bits per heavy atom. The van der Waals surface area contributed by atoms with Crippen molar-refractivity contribution < 1.29 is 9.59 Å². The number of halogens is 2. The molecule has 0 fully saturated rings. The van der Waals surface area contributed by atoms with Crippen molar-refractivity contribution >= 4 is 57.7 Å². The van der Waals surface area contributed by atoms with Crippen LogP contribution in [0.2, 0.25) is 10.0 Å². The lowest BCUT2D eigenvalue weighted by Crippen LogP contribution is -2.40. The van der Waals surface area contributed by atoms with Crippen LogP contribution in [0, 0.1) is 0 Å². The molecule has 0 aliphatic rings. The van der Waals surface area contributed by atoms with Gasteiger partial charge in [-0.2, -0.15) is 4.80 Å². The van der Waals surface area contributed by atoms with Crippen LogP contribution in [0.15, 0.2) is 58.6 Å². The maximum absolute atomic E-state index is 12.6. The summed E-state index contributed by atoms with van der Waals surface area (Å²) in [6, 6.07) is 14.2. The van der Waals surface area contributed by atoms with Crippen molar-refractivity contribution in [2.24, 2.45) is 0 Å². The molecule has 1 amide bonds. The largest absolute Gasteiger partial charge is 0.337 e. The van der Waals surface area contributed by atoms with Crippen LogP contribution in [0.1, 0.15) is 18.9 Å². The third-order valence-corrected chi connectivity index (χ3v) is 6.85. The number of Topliss-reactive ketones (excluding diaryl/α,β-unsaturated/α-hetero) is 1. The highest BCUT2D eigenvalue weighted by atomic mass is 35.5. The molecule has 1 aromatic heterocycles. The average molecular weight is 496 g/mol. The molecule has 0 radical (unpaired) electrons. The molecule has 3 aromatic rings. The molecule has 0 aliphatic heterocycles. The standard InChI is InChI=1S/C20H19Cl2N5O2S2/c1-2-16(23-20(29)30-12-13-7-4-3-5-8-13)17(28)11-27-25-19(24-26-27)31-18-14(21)9-6-10-15(18)22/h3-10,16H,2,11-12H2,1H3,(H,23,29). The molecule has 1 unspecified atom stereocenters. The second kappa shape index (κ2) is 11.5. The number of nitrogens with zero attached hydrogens (tertiary/aromatic N) is 4. The summed E-state index contributed by atoms with van der Waals surface area (Å²) in [5.74, 6) is 0.327. The van der Waals surface area contributed by atoms with E-state index in [1.807, 2.05) is 37.3 Å². The Balaban J connectivity index is 1.54. The lowest BCUT2D eigenvalue weighted by Gasteiger charge is -2.15. The SMILES string of the molecule is CCC(NC(=O)SCc1ccccc1)C(=O)Cn1nnc(Sc2c(Cl)cccc2Cl)n1. The first-order chi connectivity index (χ1) is 15.0. The van der Waals surface area contributed by atoms with Crippen LogP contribution < -0.4 is 5.32 Å². The number of carbonyl (C=O) groups excluding carboxylic acids is 2. The molecular weight excluding hydrogens is 477 g/mol. The van der Waals surface area contributed by atoms with Crippen molar-refractivity contribution in [3.05, 3.63) is 64.1 Å². The highest BCUT2D eigenvalue weighted by molar-refractivity contribution is 8.12. The van der Waals surface area contributed by atoms with Crippen LogP contribution >= 0.6 is 46.7 Å². The van der Waals surface area contributed by atoms with Gasteiger partial charge < -0.3 is 5.32 Å². The van der Waals surface area contributed by atoms with E-state index in [1.54, 1.807) is 18.2 Å². The first-order valence-electron chi connectivity index (χ1n) is 9.36. The van der Waals surface area contributed by atoms with E-state index in [1.165, 1.54) is 4.80 Å². The fraction of sp³-hybridized carbons (Fsp3) is 0.250. The summed E-state index contributed by atoms with van der Waals surface area (Å²) in [6.45, 7) is 1.73. The zero-order valence-corrected chi connectivity index (χ0v) is 19.6. The fourth-order valence-electron chi connectivity index (χ4n) is 2.57. The lowest BCUT2D eigenvalue weighted by molar-refractivity contribution is -0.121. The number of rotatable bonds is 9. The van der Waals surface area contributed by atoms with E-state index in [0.717, 1.165) is 29.1 Å². The first kappa shape index (κ1) is 23.6. The summed E-state index contributed by atoms with van der Waals surface area (Å²) in [6.07, 6.45) is 0.460. The van der Waals surface area contributed by atoms with Gasteiger partial charge in [0.25, 0.3) is 5.24 Å². The number of amides is 1. The zero-order valence-electron chi connectivity index (χ0n) is 16.5. The molecule has 162 valence electrons. The van der Waals surface area contributed by atoms with Crippen LogP contribution in [0.25, 0.3) is 0 Å². The Bertz CT molecular complexity index is 1030. The predicted octanol–water partition coefficient (Wildman–Crippen LogP) is 5.12. The van der Waals surface area contributed by atoms with Gasteiger partial charge >= 0.3 is 0 Å². The van der Waals surface area contributed by atoms with Crippen LogP contribution in [0.4, 0.5) is 4.79 Å². The number of aromatic nitrogens is 4. The maximum Gasteiger partial charge on any atom is 0.279 e. The molecule has 11 heteroatoms. The second-order valence-corrected chi connectivity index (χ2v) is 9.13. The lowest BCUT2D eigenvalue weighted by atomic mass is 10.1. The summed E-state index contributed by atoms with van der Waals surface area (Å²) in [7, 11) is 0. The molecule has 0 aliphatic carbocycles. The van der Waals surface area contributed by atoms with Crippen molar-refractivity contribution in [1.82, 2.24) is 25.5 Å². The number of tetrazole rings is 1. The summed E-state index contributed by atoms with van der Waals surface area (Å²) in [4.78, 5) is 26.7. The van der Waals surface area contributed by atoms with Gasteiger partial charge in [0, 0.05) is 5.75 Å². The minimum atomic E-state index is -0.629. The van der Waals surface area contributed by atoms with Gasteiger partial charge in [-0.25, -0.2) is 0 Å². The smallest absolute Gasteiger partial charge is 0.279 e. The molecule has 0 bridgehead atoms. The third kappa shape index (κ3) is 6.96. The molecule has 0 spiro atoms. The summed E-state index contributed by atoms with van der Waals surface area (Å²) >= 11 is 14.6. The van der Waals surface area contributed by atoms with Crippen molar-refractivity contribution in [3.8, 4) is 0 Å². The number of hydrogen-bond donors (Lipinski definition) is 1. The molecular formula is C20H19Cl2N5O2S2. The predicted molar refractivity (Wildman–Crippen MR) is 124 cm³/mol. The molecule has 1 N–H and O–H groups in total. The molecule has 1 atom stereocenters. The van der Waals surface area contributed by atoms with Crippen molar-refractivity contribution in [2.45, 2.75) is 41.7 Å². The van der Waals surface area contributed by atoms with Crippen LogP contribution in [-0.2, 0) is 17.1 Å². The molecule has 31 heavy (non-hydrogen) atoms. The molecule has 1 heterocycles. The molecule has 0 saturated heterocycles. The highest BCUT2D eigenvalue weighted by Gasteiger charge is 2.21. The van der Waals surface area contributed by atoms with Crippen LogP contribution in [0.3, 0.4) is 0 Å². The number of carbonyl (C=O) groups is 2. The van der Waals surface area contributed by atoms with Gasteiger partial charge in [0.15, 0.2) is 5.78 Å². The normalized spacial score (nSPS) is 11.8. The molecule has 0 saturated carbocycles. The monoisotopic (exact) mass is 495 g/mol. The number of ketones is 1. The minimum Gasteiger partial charge on any atom is -0.337 e. The number of thioether (sulfide) groups is 1. The second-order valence-electron chi connectivity index (χ2n) is 6.39. The van der Waals surface area contributed by atoms with Gasteiger partial charge in [-0.15, -0.1) is 10.2 Å². The van der Waals surface area contributed by atoms with Crippen molar-refractivity contribution in [3.63, 3.8) is 0 Å². The summed E-state index contributed by atoms with van der Waals surface area (Å²) in [5.41, 5.74) is 1.04. The Hall–Kier alpha value is -2.07. The van der Waals surface area contributed by atoms with Crippen LogP contribution in [0.5, 0.6) is 0 Å². The highest BCUT2D eigenvalue weighted by Crippen LogP contribution is 2.36. The third-order valence-electron chi connectivity index (χ3n) is 4.15. The topological polar surface area (TPSA) is 89.8 Å². The zero-order chi connectivity index (χ0) is 22.2.